The van der Waals surface area contributed by atoms with Crippen LogP contribution in [0.1, 0.15) is 11.6 Å². The molecule has 3 N–H and O–H groups in total. The van der Waals surface area contributed by atoms with Crippen molar-refractivity contribution < 1.29 is 28.8 Å². The fourth-order valence-corrected chi connectivity index (χ4v) is 4.94. The summed E-state index contributed by atoms with van der Waals surface area (Å²) in [5.41, 5.74) is 6.54. The molecule has 9 nitrogen and oxygen atoms in total. The van der Waals surface area contributed by atoms with Crippen LogP contribution >= 0.6 is 11.8 Å². The van der Waals surface area contributed by atoms with Gasteiger partial charge in [-0.2, -0.15) is 0 Å². The molecule has 1 fully saturated rings. The Morgan fingerprint density at radius 1 is 1.11 bits per heavy atom. The minimum atomic E-state index is -0.704. The molecule has 0 spiro atoms. The normalized spacial score (nSPS) is 20.2. The van der Waals surface area contributed by atoms with E-state index >= 15 is 0 Å². The number of methoxy groups -OCH3 is 2. The highest BCUT2D eigenvalue weighted by molar-refractivity contribution is 7.98. The Hall–Kier alpha value is -2.66. The number of amides is 1. The van der Waals surface area contributed by atoms with Gasteiger partial charge in [0.1, 0.15) is 30.3 Å². The van der Waals surface area contributed by atoms with Crippen LogP contribution in [0.25, 0.3) is 0 Å². The second-order valence-corrected chi connectivity index (χ2v) is 9.51. The third kappa shape index (κ3) is 5.95. The highest BCUT2D eigenvalue weighted by Gasteiger charge is 2.33. The molecule has 2 aromatic carbocycles. The SMILES string of the molecule is COc1cc(OC)cc(C(C(N)=O)N2CCN(CC(O)C3COc4cc(SC)ccc4O3)CC2)c1. The number of ether oxygens (including phenoxy) is 4. The lowest BCUT2D eigenvalue weighted by Crippen LogP contribution is -2.54. The van der Waals surface area contributed by atoms with Gasteiger partial charge in [0.15, 0.2) is 17.6 Å². The Bertz CT molecular complexity index is 1010. The predicted octanol–water partition coefficient (Wildman–Crippen LogP) is 1.77. The molecular formula is C25H33N3O6S. The maximum Gasteiger partial charge on any atom is 0.239 e. The third-order valence-electron chi connectivity index (χ3n) is 6.44. The number of piperazine rings is 1. The van der Waals surface area contributed by atoms with Crippen molar-refractivity contribution in [2.24, 2.45) is 5.73 Å². The van der Waals surface area contributed by atoms with Crippen molar-refractivity contribution in [1.29, 1.82) is 0 Å². The monoisotopic (exact) mass is 503 g/mol. The summed E-state index contributed by atoms with van der Waals surface area (Å²) in [6, 6.07) is 10.6. The number of primary amides is 1. The van der Waals surface area contributed by atoms with Gasteiger partial charge in [-0.05, 0) is 42.2 Å². The molecule has 190 valence electrons. The molecule has 2 heterocycles. The largest absolute Gasteiger partial charge is 0.497 e. The number of thioether (sulfide) groups is 1. The lowest BCUT2D eigenvalue weighted by atomic mass is 10.0. The summed E-state index contributed by atoms with van der Waals surface area (Å²) in [4.78, 5) is 17.7. The number of nitrogens with zero attached hydrogens (tertiary/aromatic N) is 2. The van der Waals surface area contributed by atoms with Crippen LogP contribution in [0.4, 0.5) is 0 Å². The molecule has 2 aromatic rings. The van der Waals surface area contributed by atoms with Gasteiger partial charge >= 0.3 is 0 Å². The van der Waals surface area contributed by atoms with E-state index in [-0.39, 0.29) is 0 Å². The molecule has 0 saturated carbocycles. The van der Waals surface area contributed by atoms with Crippen LogP contribution in [0.2, 0.25) is 0 Å². The number of carbonyl (C=O) groups is 1. The van der Waals surface area contributed by atoms with Crippen LogP contribution in [0.15, 0.2) is 41.3 Å². The van der Waals surface area contributed by atoms with Crippen LogP contribution in [0, 0.1) is 0 Å². The van der Waals surface area contributed by atoms with E-state index in [0.29, 0.717) is 62.3 Å². The number of rotatable bonds is 9. The second kappa shape index (κ2) is 11.4. The molecule has 10 heteroatoms. The molecule has 0 bridgehead atoms. The van der Waals surface area contributed by atoms with E-state index in [0.717, 1.165) is 10.5 Å². The zero-order chi connectivity index (χ0) is 24.9. The first-order valence-corrected chi connectivity index (χ1v) is 12.8. The van der Waals surface area contributed by atoms with E-state index in [4.69, 9.17) is 24.7 Å². The Morgan fingerprint density at radius 3 is 2.40 bits per heavy atom. The van der Waals surface area contributed by atoms with E-state index < -0.39 is 24.2 Å². The zero-order valence-electron chi connectivity index (χ0n) is 20.3. The lowest BCUT2D eigenvalue weighted by molar-refractivity contribution is -0.124. The van der Waals surface area contributed by atoms with Gasteiger partial charge in [0.05, 0.1) is 14.2 Å². The molecule has 0 radical (unpaired) electrons. The summed E-state index contributed by atoms with van der Waals surface area (Å²) in [5, 5.41) is 10.8. The number of fused-ring (bicyclic) bond motifs is 1. The first-order chi connectivity index (χ1) is 16.9. The van der Waals surface area contributed by atoms with Gasteiger partial charge in [-0.1, -0.05) is 0 Å². The molecule has 4 rings (SSSR count). The van der Waals surface area contributed by atoms with Crippen LogP contribution in [0.3, 0.4) is 0 Å². The molecule has 1 amide bonds. The van der Waals surface area contributed by atoms with E-state index in [2.05, 4.69) is 9.80 Å². The Kier molecular flexibility index (Phi) is 8.27. The van der Waals surface area contributed by atoms with Gasteiger partial charge in [0.25, 0.3) is 0 Å². The van der Waals surface area contributed by atoms with Gasteiger partial charge in [-0.15, -0.1) is 11.8 Å². The lowest BCUT2D eigenvalue weighted by Gasteiger charge is -2.40. The van der Waals surface area contributed by atoms with Crippen LogP contribution in [-0.4, -0.2) is 92.8 Å². The Labute approximate surface area is 210 Å². The van der Waals surface area contributed by atoms with Crippen LogP contribution in [0.5, 0.6) is 23.0 Å². The van der Waals surface area contributed by atoms with E-state index in [1.807, 2.05) is 36.6 Å². The van der Waals surface area contributed by atoms with E-state index in [1.165, 1.54) is 0 Å². The number of aliphatic hydroxyl groups is 1. The molecule has 35 heavy (non-hydrogen) atoms. The van der Waals surface area contributed by atoms with Crippen molar-refractivity contribution in [3.8, 4) is 23.0 Å². The molecule has 0 aromatic heterocycles. The van der Waals surface area contributed by atoms with Gasteiger partial charge in [-0.3, -0.25) is 14.6 Å². The van der Waals surface area contributed by atoms with Crippen LogP contribution < -0.4 is 24.7 Å². The molecule has 3 unspecified atom stereocenters. The van der Waals surface area contributed by atoms with Crippen molar-refractivity contribution in [3.05, 3.63) is 42.0 Å². The summed E-state index contributed by atoms with van der Waals surface area (Å²) in [6.45, 7) is 3.37. The van der Waals surface area contributed by atoms with Gasteiger partial charge in [0, 0.05) is 43.7 Å². The van der Waals surface area contributed by atoms with Crippen molar-refractivity contribution in [1.82, 2.24) is 9.80 Å². The molecule has 0 aliphatic carbocycles. The number of hydrogen-bond acceptors (Lipinski definition) is 9. The number of benzene rings is 2. The average Bonchev–Trinajstić information content (AvgIpc) is 2.88. The molecule has 3 atom stereocenters. The highest BCUT2D eigenvalue weighted by Crippen LogP contribution is 2.36. The predicted molar refractivity (Wildman–Crippen MR) is 134 cm³/mol. The fraction of sp³-hybridized carbons (Fsp3) is 0.480. The number of nitrogens with two attached hydrogens (primary N) is 1. The van der Waals surface area contributed by atoms with E-state index in [1.54, 1.807) is 32.0 Å². The minimum absolute atomic E-state index is 0.299. The molecule has 1 saturated heterocycles. The first kappa shape index (κ1) is 25.4. The zero-order valence-corrected chi connectivity index (χ0v) is 21.1. The summed E-state index contributed by atoms with van der Waals surface area (Å²) < 4.78 is 22.6. The summed E-state index contributed by atoms with van der Waals surface area (Å²) in [6.07, 6.45) is 0.865. The quantitative estimate of drug-likeness (QED) is 0.495. The van der Waals surface area contributed by atoms with Crippen molar-refractivity contribution in [2.75, 3.05) is 59.8 Å². The number of aliphatic hydroxyl groups excluding tert-OH is 1. The summed E-state index contributed by atoms with van der Waals surface area (Å²) in [5.74, 6) is 2.15. The maximum atomic E-state index is 12.4. The smallest absolute Gasteiger partial charge is 0.239 e. The molecule has 2 aliphatic heterocycles. The Morgan fingerprint density at radius 2 is 1.80 bits per heavy atom. The number of hydrogen-bond donors (Lipinski definition) is 2. The molecular weight excluding hydrogens is 470 g/mol. The number of β-amino-alcohol motifs (C(OH)–C–C–N with tert-alkyl or cyclic N) is 1. The number of carbonyl (C=O) groups excluding carboxylic acids is 1. The van der Waals surface area contributed by atoms with Gasteiger partial charge in [-0.25, -0.2) is 0 Å². The minimum Gasteiger partial charge on any atom is -0.497 e. The van der Waals surface area contributed by atoms with Gasteiger partial charge < -0.3 is 29.8 Å². The molecule has 2 aliphatic rings. The average molecular weight is 504 g/mol. The van der Waals surface area contributed by atoms with Crippen molar-refractivity contribution in [2.45, 2.75) is 23.1 Å². The van der Waals surface area contributed by atoms with Crippen molar-refractivity contribution in [3.63, 3.8) is 0 Å². The highest BCUT2D eigenvalue weighted by atomic mass is 32.2. The summed E-state index contributed by atoms with van der Waals surface area (Å²) >= 11 is 1.64. The standard InChI is InChI=1S/C25H33N3O6S/c1-31-17-10-16(11-18(12-17)32-2)24(25(26)30)28-8-6-27(7-9-28)14-20(29)23-15-33-22-13-19(35-3)4-5-21(22)34-23/h4-5,10-13,20,23-24,29H,6-9,14-15H2,1-3H3,(H2,26,30). The fourth-order valence-electron chi connectivity index (χ4n) is 4.51. The Balaban J connectivity index is 1.35. The maximum absolute atomic E-state index is 12.4. The van der Waals surface area contributed by atoms with Gasteiger partial charge in [0.2, 0.25) is 5.91 Å². The van der Waals surface area contributed by atoms with Crippen molar-refractivity contribution >= 4 is 17.7 Å². The third-order valence-corrected chi connectivity index (χ3v) is 7.16. The topological polar surface area (TPSA) is 107 Å². The van der Waals surface area contributed by atoms with Crippen LogP contribution in [-0.2, 0) is 4.79 Å². The van der Waals surface area contributed by atoms with E-state index in [9.17, 15) is 9.90 Å². The second-order valence-electron chi connectivity index (χ2n) is 8.63. The summed E-state index contributed by atoms with van der Waals surface area (Å²) in [7, 11) is 3.14. The first-order valence-electron chi connectivity index (χ1n) is 11.6.